The Morgan fingerprint density at radius 1 is 1.67 bits per heavy atom. The second-order valence-electron chi connectivity index (χ2n) is 2.75. The highest BCUT2D eigenvalue weighted by Gasteiger charge is 2.06. The summed E-state index contributed by atoms with van der Waals surface area (Å²) in [5.41, 5.74) is 0. The van der Waals surface area contributed by atoms with Crippen molar-refractivity contribution in [2.24, 2.45) is 0 Å². The summed E-state index contributed by atoms with van der Waals surface area (Å²) in [5.74, 6) is 0. The molecule has 0 saturated heterocycles. The van der Waals surface area contributed by atoms with Gasteiger partial charge in [0.25, 0.3) is 0 Å². The van der Waals surface area contributed by atoms with Gasteiger partial charge in [0.05, 0.1) is 0 Å². The number of amides is 2. The lowest BCUT2D eigenvalue weighted by Gasteiger charge is -2.17. The van der Waals surface area contributed by atoms with E-state index in [1.807, 2.05) is 13.2 Å². The molecule has 0 aliphatic carbocycles. The lowest BCUT2D eigenvalue weighted by molar-refractivity contribution is 0.211. The Morgan fingerprint density at radius 2 is 2.25 bits per heavy atom. The summed E-state index contributed by atoms with van der Waals surface area (Å²) in [7, 11) is 1.79. The number of nitrogens with zero attached hydrogens (tertiary/aromatic N) is 1. The summed E-state index contributed by atoms with van der Waals surface area (Å²) < 4.78 is 0. The van der Waals surface area contributed by atoms with Crippen LogP contribution in [0.15, 0.2) is 0 Å². The van der Waals surface area contributed by atoms with E-state index in [2.05, 4.69) is 12.2 Å². The van der Waals surface area contributed by atoms with Crippen LogP contribution in [0.4, 0.5) is 4.79 Å². The number of thioether (sulfide) groups is 1. The van der Waals surface area contributed by atoms with Crippen LogP contribution in [0.2, 0.25) is 0 Å². The minimum atomic E-state index is 0.0124. The molecule has 1 unspecified atom stereocenters. The van der Waals surface area contributed by atoms with Gasteiger partial charge in [-0.25, -0.2) is 4.79 Å². The van der Waals surface area contributed by atoms with Gasteiger partial charge in [-0.2, -0.15) is 11.8 Å². The molecule has 2 amide bonds. The van der Waals surface area contributed by atoms with E-state index < -0.39 is 0 Å². The zero-order valence-corrected chi connectivity index (χ0v) is 9.07. The lowest BCUT2D eigenvalue weighted by Crippen LogP contribution is -2.39. The smallest absolute Gasteiger partial charge is 0.317 e. The standard InChI is InChI=1S/C8H18N2OS/c1-5-10(3)8(11)9-6-7(2)12-4/h7H,5-6H2,1-4H3,(H,9,11). The summed E-state index contributed by atoms with van der Waals surface area (Å²) in [6.07, 6.45) is 2.04. The maximum absolute atomic E-state index is 11.2. The average Bonchev–Trinajstić information content (AvgIpc) is 2.11. The first-order valence-electron chi connectivity index (χ1n) is 4.13. The Kier molecular flexibility index (Phi) is 5.98. The van der Waals surface area contributed by atoms with Crippen molar-refractivity contribution >= 4 is 17.8 Å². The number of carbonyl (C=O) groups is 1. The highest BCUT2D eigenvalue weighted by atomic mass is 32.2. The van der Waals surface area contributed by atoms with E-state index in [1.54, 1.807) is 23.7 Å². The fraction of sp³-hybridized carbons (Fsp3) is 0.875. The van der Waals surface area contributed by atoms with Gasteiger partial charge in [0.1, 0.15) is 0 Å². The molecule has 0 bridgehead atoms. The van der Waals surface area contributed by atoms with Gasteiger partial charge >= 0.3 is 6.03 Å². The molecule has 1 N–H and O–H groups in total. The SMILES string of the molecule is CCN(C)C(=O)NCC(C)SC. The molecule has 0 spiro atoms. The van der Waals surface area contributed by atoms with E-state index in [9.17, 15) is 4.79 Å². The number of urea groups is 1. The topological polar surface area (TPSA) is 32.3 Å². The highest BCUT2D eigenvalue weighted by Crippen LogP contribution is 2.02. The molecule has 0 aliphatic heterocycles. The number of carbonyl (C=O) groups excluding carboxylic acids is 1. The van der Waals surface area contributed by atoms with Crippen molar-refractivity contribution in [3.05, 3.63) is 0 Å². The van der Waals surface area contributed by atoms with Gasteiger partial charge in [0, 0.05) is 25.4 Å². The number of rotatable bonds is 4. The zero-order chi connectivity index (χ0) is 9.56. The molecule has 0 saturated carbocycles. The van der Waals surface area contributed by atoms with Gasteiger partial charge in [-0.1, -0.05) is 6.92 Å². The van der Waals surface area contributed by atoms with Crippen LogP contribution in [0.25, 0.3) is 0 Å². The quantitative estimate of drug-likeness (QED) is 0.726. The van der Waals surface area contributed by atoms with Gasteiger partial charge in [-0.15, -0.1) is 0 Å². The molecule has 4 heteroatoms. The third-order valence-electron chi connectivity index (χ3n) is 1.76. The Morgan fingerprint density at radius 3 is 2.67 bits per heavy atom. The largest absolute Gasteiger partial charge is 0.337 e. The van der Waals surface area contributed by atoms with Crippen LogP contribution in [-0.4, -0.2) is 42.6 Å². The Bertz CT molecular complexity index is 141. The summed E-state index contributed by atoms with van der Waals surface area (Å²) in [6, 6.07) is 0.0124. The molecule has 0 aromatic heterocycles. The summed E-state index contributed by atoms with van der Waals surface area (Å²) >= 11 is 1.75. The van der Waals surface area contributed by atoms with Gasteiger partial charge in [0.2, 0.25) is 0 Å². The Hall–Kier alpha value is -0.380. The first-order valence-corrected chi connectivity index (χ1v) is 5.42. The van der Waals surface area contributed by atoms with Crippen molar-refractivity contribution in [1.29, 1.82) is 0 Å². The molecule has 0 radical (unpaired) electrons. The third-order valence-corrected chi connectivity index (χ3v) is 2.74. The van der Waals surface area contributed by atoms with Gasteiger partial charge in [-0.05, 0) is 13.2 Å². The zero-order valence-electron chi connectivity index (χ0n) is 8.26. The fourth-order valence-electron chi connectivity index (χ4n) is 0.593. The molecule has 3 nitrogen and oxygen atoms in total. The van der Waals surface area contributed by atoms with E-state index in [0.29, 0.717) is 5.25 Å². The van der Waals surface area contributed by atoms with Crippen molar-refractivity contribution in [2.45, 2.75) is 19.1 Å². The van der Waals surface area contributed by atoms with Crippen molar-refractivity contribution in [3.63, 3.8) is 0 Å². The second-order valence-corrected chi connectivity index (χ2v) is 4.02. The van der Waals surface area contributed by atoms with Crippen LogP contribution in [0.5, 0.6) is 0 Å². The first-order chi connectivity index (χ1) is 5.61. The van der Waals surface area contributed by atoms with Crippen LogP contribution in [0, 0.1) is 0 Å². The Balaban J connectivity index is 3.56. The van der Waals surface area contributed by atoms with Crippen LogP contribution >= 0.6 is 11.8 Å². The minimum Gasteiger partial charge on any atom is -0.337 e. The highest BCUT2D eigenvalue weighted by molar-refractivity contribution is 7.99. The number of hydrogen-bond donors (Lipinski definition) is 1. The predicted molar refractivity (Wildman–Crippen MR) is 54.7 cm³/mol. The molecule has 12 heavy (non-hydrogen) atoms. The van der Waals surface area contributed by atoms with Crippen molar-refractivity contribution in [2.75, 3.05) is 26.4 Å². The van der Waals surface area contributed by atoms with Gasteiger partial charge in [0.15, 0.2) is 0 Å². The molecule has 0 aromatic carbocycles. The number of hydrogen-bond acceptors (Lipinski definition) is 2. The molecule has 0 fully saturated rings. The fourth-order valence-corrected chi connectivity index (χ4v) is 0.843. The molecule has 0 rings (SSSR count). The van der Waals surface area contributed by atoms with Crippen molar-refractivity contribution < 1.29 is 4.79 Å². The van der Waals surface area contributed by atoms with Crippen LogP contribution in [0.3, 0.4) is 0 Å². The Labute approximate surface area is 78.9 Å². The first kappa shape index (κ1) is 11.6. The van der Waals surface area contributed by atoms with E-state index in [4.69, 9.17) is 0 Å². The summed E-state index contributed by atoms with van der Waals surface area (Å²) in [5, 5.41) is 3.34. The molecular formula is C8H18N2OS. The lowest BCUT2D eigenvalue weighted by atomic mass is 10.5. The molecule has 0 aliphatic rings. The molecular weight excluding hydrogens is 172 g/mol. The van der Waals surface area contributed by atoms with Crippen LogP contribution in [0.1, 0.15) is 13.8 Å². The number of nitrogens with one attached hydrogen (secondary N) is 1. The van der Waals surface area contributed by atoms with Crippen LogP contribution < -0.4 is 5.32 Å². The molecule has 0 heterocycles. The van der Waals surface area contributed by atoms with Gasteiger partial charge in [-0.3, -0.25) is 0 Å². The maximum Gasteiger partial charge on any atom is 0.317 e. The van der Waals surface area contributed by atoms with E-state index in [-0.39, 0.29) is 6.03 Å². The van der Waals surface area contributed by atoms with E-state index in [1.165, 1.54) is 0 Å². The summed E-state index contributed by atoms with van der Waals surface area (Å²) in [6.45, 7) is 5.54. The second kappa shape index (κ2) is 6.17. The molecule has 1 atom stereocenters. The normalized spacial score (nSPS) is 12.3. The van der Waals surface area contributed by atoms with Crippen molar-refractivity contribution in [1.82, 2.24) is 10.2 Å². The average molecular weight is 190 g/mol. The van der Waals surface area contributed by atoms with Crippen LogP contribution in [-0.2, 0) is 0 Å². The molecule has 0 aromatic rings. The van der Waals surface area contributed by atoms with Crippen molar-refractivity contribution in [3.8, 4) is 0 Å². The van der Waals surface area contributed by atoms with Gasteiger partial charge < -0.3 is 10.2 Å². The van der Waals surface area contributed by atoms with E-state index >= 15 is 0 Å². The third kappa shape index (κ3) is 4.49. The van der Waals surface area contributed by atoms with E-state index in [0.717, 1.165) is 13.1 Å². The predicted octanol–water partition coefficient (Wildman–Crippen LogP) is 1.40. The monoisotopic (exact) mass is 190 g/mol. The molecule has 72 valence electrons. The minimum absolute atomic E-state index is 0.0124. The maximum atomic E-state index is 11.2. The summed E-state index contributed by atoms with van der Waals surface area (Å²) in [4.78, 5) is 12.9.